The second-order valence-electron chi connectivity index (χ2n) is 7.28. The minimum atomic E-state index is 0.469. The van der Waals surface area contributed by atoms with E-state index in [9.17, 15) is 0 Å². The molecule has 3 aliphatic rings. The Kier molecular flexibility index (Phi) is 3.93. The van der Waals surface area contributed by atoms with Crippen LogP contribution in [0.2, 0.25) is 0 Å². The van der Waals surface area contributed by atoms with E-state index in [0.717, 1.165) is 35.4 Å². The summed E-state index contributed by atoms with van der Waals surface area (Å²) in [6, 6.07) is 22.7. The van der Waals surface area contributed by atoms with Crippen LogP contribution in [0.25, 0.3) is 33.4 Å². The summed E-state index contributed by atoms with van der Waals surface area (Å²) in [7, 11) is 0. The molecule has 1 fully saturated rings. The monoisotopic (exact) mass is 354 g/mol. The van der Waals surface area contributed by atoms with E-state index in [1.807, 2.05) is 24.3 Å². The van der Waals surface area contributed by atoms with Gasteiger partial charge in [0.1, 0.15) is 11.3 Å². The van der Waals surface area contributed by atoms with Crippen LogP contribution in [-0.2, 0) is 0 Å². The molecule has 0 unspecified atom stereocenters. The fraction of sp³-hybridized carbons (Fsp3) is 0.208. The molecule has 2 aliphatic heterocycles. The summed E-state index contributed by atoms with van der Waals surface area (Å²) >= 11 is 0. The summed E-state index contributed by atoms with van der Waals surface area (Å²) < 4.78 is 6.27. The quantitative estimate of drug-likeness (QED) is 0.471. The summed E-state index contributed by atoms with van der Waals surface area (Å²) in [6.45, 7) is 2.23. The van der Waals surface area contributed by atoms with Crippen molar-refractivity contribution in [2.75, 3.05) is 18.0 Å². The van der Waals surface area contributed by atoms with Crippen molar-refractivity contribution in [3.05, 3.63) is 72.1 Å². The van der Waals surface area contributed by atoms with Crippen molar-refractivity contribution >= 4 is 16.7 Å². The van der Waals surface area contributed by atoms with E-state index in [-0.39, 0.29) is 0 Å². The summed E-state index contributed by atoms with van der Waals surface area (Å²) in [5.41, 5.74) is 5.51. The molecule has 0 radical (unpaired) electrons. The minimum Gasteiger partial charge on any atom is -0.456 e. The molecule has 2 heterocycles. The van der Waals surface area contributed by atoms with Crippen molar-refractivity contribution in [3.8, 4) is 22.5 Å². The zero-order valence-electron chi connectivity index (χ0n) is 15.2. The maximum atomic E-state index is 7.99. The van der Waals surface area contributed by atoms with Crippen LogP contribution in [-0.4, -0.2) is 13.1 Å². The fourth-order valence-corrected chi connectivity index (χ4v) is 4.14. The van der Waals surface area contributed by atoms with Crippen LogP contribution < -0.4 is 10.3 Å². The van der Waals surface area contributed by atoms with Gasteiger partial charge in [0.05, 0.1) is 5.36 Å². The molecular formula is C24H22N2O. The van der Waals surface area contributed by atoms with Crippen LogP contribution in [0.1, 0.15) is 19.3 Å². The lowest BCUT2D eigenvalue weighted by atomic mass is 9.93. The van der Waals surface area contributed by atoms with Gasteiger partial charge in [-0.15, -0.1) is 0 Å². The van der Waals surface area contributed by atoms with Gasteiger partial charge in [-0.1, -0.05) is 30.3 Å². The lowest BCUT2D eigenvalue weighted by molar-refractivity contribution is 0.576. The molecule has 1 aliphatic carbocycles. The maximum Gasteiger partial charge on any atom is 0.137 e. The van der Waals surface area contributed by atoms with Crippen LogP contribution in [0.5, 0.6) is 0 Å². The molecule has 3 heteroatoms. The fourth-order valence-electron chi connectivity index (χ4n) is 4.14. The number of nitrogens with one attached hydrogen (secondary N) is 1. The number of hydrogen-bond acceptors (Lipinski definition) is 3. The number of rotatable bonds is 2. The predicted molar refractivity (Wildman–Crippen MR) is 110 cm³/mol. The van der Waals surface area contributed by atoms with Gasteiger partial charge in [-0.25, -0.2) is 0 Å². The van der Waals surface area contributed by atoms with E-state index in [1.54, 1.807) is 0 Å². The maximum absolute atomic E-state index is 7.99. The van der Waals surface area contributed by atoms with Gasteiger partial charge in [-0.2, -0.15) is 0 Å². The molecule has 1 N–H and O–H groups in total. The summed E-state index contributed by atoms with van der Waals surface area (Å²) in [5.74, 6) is 0.768. The minimum absolute atomic E-state index is 0.469. The summed E-state index contributed by atoms with van der Waals surface area (Å²) in [6.07, 6.45) is 3.83. The van der Waals surface area contributed by atoms with E-state index in [2.05, 4.69) is 47.4 Å². The van der Waals surface area contributed by atoms with Crippen molar-refractivity contribution in [2.24, 2.45) is 0 Å². The van der Waals surface area contributed by atoms with Crippen molar-refractivity contribution in [1.29, 1.82) is 5.41 Å². The van der Waals surface area contributed by atoms with Gasteiger partial charge in [-0.3, -0.25) is 0 Å². The Labute approximate surface area is 158 Å². The van der Waals surface area contributed by atoms with Crippen molar-refractivity contribution in [2.45, 2.75) is 19.3 Å². The van der Waals surface area contributed by atoms with E-state index >= 15 is 0 Å². The standard InChI is InChI=1S/C24H22N2O/c25-18-9-11-20-22(15-18)27-23-16-19(26-13-5-2-6-14-26)10-12-21(23)24(20)17-7-3-1-4-8-17/h1,3-4,7-12,15-16,25H,2,5-6,13-14H2. The van der Waals surface area contributed by atoms with Crippen LogP contribution in [0.3, 0.4) is 0 Å². The molecule has 27 heavy (non-hydrogen) atoms. The zero-order chi connectivity index (χ0) is 18.2. The van der Waals surface area contributed by atoms with Gasteiger partial charge in [-0.05, 0) is 49.1 Å². The number of benzene rings is 3. The van der Waals surface area contributed by atoms with Gasteiger partial charge in [0.25, 0.3) is 0 Å². The normalized spacial score (nSPS) is 14.7. The first-order chi connectivity index (χ1) is 13.3. The Morgan fingerprint density at radius 1 is 0.815 bits per heavy atom. The third-order valence-corrected chi connectivity index (χ3v) is 5.49. The van der Waals surface area contributed by atoms with E-state index in [4.69, 9.17) is 9.83 Å². The largest absolute Gasteiger partial charge is 0.456 e. The summed E-state index contributed by atoms with van der Waals surface area (Å²) in [5, 5.41) is 9.58. The van der Waals surface area contributed by atoms with Gasteiger partial charge >= 0.3 is 0 Å². The van der Waals surface area contributed by atoms with Crippen molar-refractivity contribution in [3.63, 3.8) is 0 Å². The Hall–Kier alpha value is -3.07. The molecule has 2 aromatic rings. The van der Waals surface area contributed by atoms with Crippen LogP contribution in [0.15, 0.2) is 71.1 Å². The Morgan fingerprint density at radius 3 is 2.44 bits per heavy atom. The van der Waals surface area contributed by atoms with Gasteiger partial charge < -0.3 is 14.7 Å². The Morgan fingerprint density at radius 2 is 1.63 bits per heavy atom. The lowest BCUT2D eigenvalue weighted by Gasteiger charge is -2.29. The molecule has 3 nitrogen and oxygen atoms in total. The Bertz CT molecular complexity index is 1120. The number of anilines is 1. The Balaban J connectivity index is 1.78. The second-order valence-corrected chi connectivity index (χ2v) is 7.28. The third kappa shape index (κ3) is 2.89. The highest BCUT2D eigenvalue weighted by Gasteiger charge is 2.18. The predicted octanol–water partition coefficient (Wildman–Crippen LogP) is 5.67. The van der Waals surface area contributed by atoms with Crippen LogP contribution >= 0.6 is 0 Å². The highest BCUT2D eigenvalue weighted by Crippen LogP contribution is 2.40. The SMILES string of the molecule is N=c1ccc2c(-c3ccccc3)c3ccc(N4CCCCC4)cc3oc-2c1. The smallest absolute Gasteiger partial charge is 0.137 e. The molecule has 1 saturated heterocycles. The van der Waals surface area contributed by atoms with Gasteiger partial charge in [0, 0.05) is 47.4 Å². The number of hydrogen-bond donors (Lipinski definition) is 1. The molecule has 0 saturated carbocycles. The second kappa shape index (κ2) is 6.58. The topological polar surface area (TPSA) is 40.2 Å². The average Bonchev–Trinajstić information content (AvgIpc) is 2.73. The van der Waals surface area contributed by atoms with Crippen LogP contribution in [0.4, 0.5) is 5.69 Å². The molecule has 0 bridgehead atoms. The lowest BCUT2D eigenvalue weighted by Crippen LogP contribution is -2.29. The first kappa shape index (κ1) is 16.1. The molecule has 0 atom stereocenters. The van der Waals surface area contributed by atoms with E-state index in [1.165, 1.54) is 36.1 Å². The zero-order valence-corrected chi connectivity index (χ0v) is 15.2. The first-order valence-corrected chi connectivity index (χ1v) is 9.65. The highest BCUT2D eigenvalue weighted by atomic mass is 16.3. The van der Waals surface area contributed by atoms with Crippen molar-refractivity contribution < 1.29 is 4.42 Å². The van der Waals surface area contributed by atoms with E-state index < -0.39 is 0 Å². The van der Waals surface area contributed by atoms with Crippen molar-refractivity contribution in [1.82, 2.24) is 0 Å². The van der Waals surface area contributed by atoms with Gasteiger partial charge in [0.15, 0.2) is 0 Å². The van der Waals surface area contributed by atoms with Gasteiger partial charge in [0.2, 0.25) is 0 Å². The third-order valence-electron chi connectivity index (χ3n) is 5.49. The van der Waals surface area contributed by atoms with Crippen LogP contribution in [0, 0.1) is 5.41 Å². The highest BCUT2D eigenvalue weighted by molar-refractivity contribution is 6.02. The molecule has 0 spiro atoms. The molecule has 0 amide bonds. The number of piperidine rings is 1. The molecular weight excluding hydrogens is 332 g/mol. The number of nitrogens with zero attached hydrogens (tertiary/aromatic N) is 1. The molecule has 2 aromatic carbocycles. The van der Waals surface area contributed by atoms with E-state index in [0.29, 0.717) is 5.36 Å². The first-order valence-electron chi connectivity index (χ1n) is 9.65. The number of fused-ring (bicyclic) bond motifs is 2. The molecule has 0 aromatic heterocycles. The molecule has 5 rings (SSSR count). The molecule has 134 valence electrons. The average molecular weight is 354 g/mol. The summed E-state index contributed by atoms with van der Waals surface area (Å²) in [4.78, 5) is 2.45.